The maximum absolute atomic E-state index is 12.1. The van der Waals surface area contributed by atoms with Crippen LogP contribution in [-0.4, -0.2) is 38.5 Å². The van der Waals surface area contributed by atoms with Crippen LogP contribution in [0.1, 0.15) is 23.7 Å². The molecule has 7 nitrogen and oxygen atoms in total. The molecule has 0 aliphatic carbocycles. The van der Waals surface area contributed by atoms with Crippen LogP contribution in [0.25, 0.3) is 0 Å². The van der Waals surface area contributed by atoms with Crippen LogP contribution >= 0.6 is 11.8 Å². The van der Waals surface area contributed by atoms with Crippen LogP contribution in [0, 0.1) is 0 Å². The fourth-order valence-electron chi connectivity index (χ4n) is 1.41. The molecule has 21 heavy (non-hydrogen) atoms. The van der Waals surface area contributed by atoms with Crippen molar-refractivity contribution < 1.29 is 34.1 Å². The second kappa shape index (κ2) is 7.44. The highest BCUT2D eigenvalue weighted by molar-refractivity contribution is 8.15. The maximum Gasteiger partial charge on any atom is 0.317 e. The number of aliphatic carboxylic acids is 2. The predicted octanol–water partition coefficient (Wildman–Crippen LogP) is 1.41. The Bertz CT molecular complexity index is 582. The lowest BCUT2D eigenvalue weighted by Crippen LogP contribution is -2.22. The molecule has 1 rings (SSSR count). The zero-order valence-electron chi connectivity index (χ0n) is 10.9. The molecule has 112 valence electrons. The zero-order valence-corrected chi connectivity index (χ0v) is 11.8. The number of carboxylic acids is 2. The summed E-state index contributed by atoms with van der Waals surface area (Å²) in [6.07, 6.45) is -0.693. The summed E-state index contributed by atoms with van der Waals surface area (Å²) in [5, 5.41) is 15.4. The molecule has 1 unspecified atom stereocenters. The van der Waals surface area contributed by atoms with Gasteiger partial charge in [-0.15, -0.1) is 0 Å². The van der Waals surface area contributed by atoms with Crippen LogP contribution in [0.15, 0.2) is 24.3 Å². The lowest BCUT2D eigenvalue weighted by molar-refractivity contribution is -0.142. The first kappa shape index (κ1) is 16.7. The summed E-state index contributed by atoms with van der Waals surface area (Å²) in [6, 6.07) is 5.83. The molecule has 0 saturated carbocycles. The van der Waals surface area contributed by atoms with E-state index < -0.39 is 34.7 Å². The van der Waals surface area contributed by atoms with Crippen molar-refractivity contribution in [3.8, 4) is 5.75 Å². The standard InChI is InChI=1S/C13H12O7S/c1-7(14)20-9-5-3-2-4-8(9)13(19)21-10(12(17)18)6-11(15)16/h2-5,10H,6H2,1H3,(H,15,16)(H,17,18). The molecule has 0 saturated heterocycles. The number of rotatable bonds is 6. The number of para-hydroxylation sites is 1. The fourth-order valence-corrected chi connectivity index (χ4v) is 2.29. The number of benzene rings is 1. The largest absolute Gasteiger partial charge is 0.481 e. The summed E-state index contributed by atoms with van der Waals surface area (Å²) in [7, 11) is 0. The second-order valence-electron chi connectivity index (χ2n) is 3.92. The Labute approximate surface area is 123 Å². The number of ether oxygens (including phenoxy) is 1. The first-order chi connectivity index (χ1) is 9.81. The second-order valence-corrected chi connectivity index (χ2v) is 5.10. The number of carboxylic acid groups (broad SMARTS) is 2. The quantitative estimate of drug-likeness (QED) is 0.598. The van der Waals surface area contributed by atoms with Crippen LogP contribution in [0.5, 0.6) is 5.75 Å². The van der Waals surface area contributed by atoms with Crippen LogP contribution in [0.3, 0.4) is 0 Å². The van der Waals surface area contributed by atoms with E-state index in [1.54, 1.807) is 6.07 Å². The number of hydrogen-bond acceptors (Lipinski definition) is 6. The van der Waals surface area contributed by atoms with E-state index in [2.05, 4.69) is 0 Å². The van der Waals surface area contributed by atoms with E-state index in [4.69, 9.17) is 14.9 Å². The fraction of sp³-hybridized carbons (Fsp3) is 0.231. The van der Waals surface area contributed by atoms with Crippen LogP contribution in [-0.2, 0) is 14.4 Å². The van der Waals surface area contributed by atoms with Gasteiger partial charge in [0.1, 0.15) is 11.0 Å². The molecule has 0 radical (unpaired) electrons. The van der Waals surface area contributed by atoms with Crippen molar-refractivity contribution in [3.05, 3.63) is 29.8 Å². The van der Waals surface area contributed by atoms with E-state index in [1.807, 2.05) is 0 Å². The van der Waals surface area contributed by atoms with Gasteiger partial charge < -0.3 is 14.9 Å². The Balaban J connectivity index is 2.94. The van der Waals surface area contributed by atoms with Gasteiger partial charge in [-0.05, 0) is 12.1 Å². The average molecular weight is 312 g/mol. The average Bonchev–Trinajstić information content (AvgIpc) is 2.37. The minimum absolute atomic E-state index is 0.00182. The van der Waals surface area contributed by atoms with Gasteiger partial charge in [-0.3, -0.25) is 19.2 Å². The molecule has 0 heterocycles. The van der Waals surface area contributed by atoms with Crippen molar-refractivity contribution in [2.45, 2.75) is 18.6 Å². The van der Waals surface area contributed by atoms with Crippen LogP contribution in [0.2, 0.25) is 0 Å². The smallest absolute Gasteiger partial charge is 0.317 e. The summed E-state index contributed by atoms with van der Waals surface area (Å²) in [6.45, 7) is 1.17. The van der Waals surface area contributed by atoms with Crippen molar-refractivity contribution in [2.24, 2.45) is 0 Å². The lowest BCUT2D eigenvalue weighted by Gasteiger charge is -2.11. The van der Waals surface area contributed by atoms with Gasteiger partial charge in [-0.25, -0.2) is 0 Å². The Kier molecular flexibility index (Phi) is 5.92. The van der Waals surface area contributed by atoms with Gasteiger partial charge in [0.2, 0.25) is 5.12 Å². The molecular formula is C13H12O7S. The van der Waals surface area contributed by atoms with Crippen LogP contribution < -0.4 is 4.74 Å². The third kappa shape index (κ3) is 5.27. The van der Waals surface area contributed by atoms with E-state index in [0.717, 1.165) is 0 Å². The number of esters is 1. The molecule has 0 bridgehead atoms. The molecule has 0 aromatic heterocycles. The number of thioether (sulfide) groups is 1. The van der Waals surface area contributed by atoms with Gasteiger partial charge in [0, 0.05) is 6.92 Å². The van der Waals surface area contributed by atoms with Gasteiger partial charge in [-0.2, -0.15) is 0 Å². The van der Waals surface area contributed by atoms with Gasteiger partial charge in [0.15, 0.2) is 0 Å². The first-order valence-electron chi connectivity index (χ1n) is 5.74. The highest BCUT2D eigenvalue weighted by Crippen LogP contribution is 2.27. The van der Waals surface area contributed by atoms with Gasteiger partial charge in [-0.1, -0.05) is 23.9 Å². The summed E-state index contributed by atoms with van der Waals surface area (Å²) < 4.78 is 4.85. The predicted molar refractivity (Wildman–Crippen MR) is 73.3 cm³/mol. The van der Waals surface area contributed by atoms with E-state index in [1.165, 1.54) is 25.1 Å². The van der Waals surface area contributed by atoms with E-state index in [-0.39, 0.29) is 11.3 Å². The molecule has 1 aromatic rings. The van der Waals surface area contributed by atoms with Crippen LogP contribution in [0.4, 0.5) is 0 Å². The van der Waals surface area contributed by atoms with Crippen molar-refractivity contribution in [1.29, 1.82) is 0 Å². The summed E-state index contributed by atoms with van der Waals surface area (Å²) in [5.74, 6) is -3.35. The molecular weight excluding hydrogens is 300 g/mol. The molecule has 2 N–H and O–H groups in total. The third-order valence-corrected chi connectivity index (χ3v) is 3.33. The topological polar surface area (TPSA) is 118 Å². The number of carbonyl (C=O) groups is 4. The van der Waals surface area contributed by atoms with E-state index in [0.29, 0.717) is 11.8 Å². The SMILES string of the molecule is CC(=O)Oc1ccccc1C(=O)SC(CC(=O)O)C(=O)O. The Morgan fingerprint density at radius 1 is 1.19 bits per heavy atom. The molecule has 1 atom stereocenters. The molecule has 0 spiro atoms. The monoisotopic (exact) mass is 312 g/mol. The van der Waals surface area contributed by atoms with E-state index >= 15 is 0 Å². The Morgan fingerprint density at radius 3 is 2.33 bits per heavy atom. The normalized spacial score (nSPS) is 11.5. The molecule has 0 amide bonds. The summed E-state index contributed by atoms with van der Waals surface area (Å²) >= 11 is 0.365. The van der Waals surface area contributed by atoms with Crippen molar-refractivity contribution in [2.75, 3.05) is 0 Å². The van der Waals surface area contributed by atoms with Gasteiger partial charge >= 0.3 is 17.9 Å². The number of hydrogen-bond donors (Lipinski definition) is 2. The van der Waals surface area contributed by atoms with Gasteiger partial charge in [0.05, 0.1) is 12.0 Å². The molecule has 8 heteroatoms. The molecule has 0 fully saturated rings. The Hall–Kier alpha value is -2.35. The van der Waals surface area contributed by atoms with Crippen molar-refractivity contribution in [1.82, 2.24) is 0 Å². The third-order valence-electron chi connectivity index (χ3n) is 2.25. The first-order valence-corrected chi connectivity index (χ1v) is 6.62. The molecule has 0 aliphatic heterocycles. The lowest BCUT2D eigenvalue weighted by atomic mass is 10.2. The Morgan fingerprint density at radius 2 is 1.81 bits per heavy atom. The highest BCUT2D eigenvalue weighted by Gasteiger charge is 2.27. The zero-order chi connectivity index (χ0) is 16.0. The van der Waals surface area contributed by atoms with Crippen molar-refractivity contribution in [3.63, 3.8) is 0 Å². The minimum atomic E-state index is -1.42. The van der Waals surface area contributed by atoms with E-state index in [9.17, 15) is 19.2 Å². The summed E-state index contributed by atoms with van der Waals surface area (Å²) in [5.41, 5.74) is 0.00865. The maximum atomic E-state index is 12.1. The summed E-state index contributed by atoms with van der Waals surface area (Å²) in [4.78, 5) is 44.5. The van der Waals surface area contributed by atoms with Crippen molar-refractivity contribution >= 4 is 34.8 Å². The minimum Gasteiger partial charge on any atom is -0.481 e. The highest BCUT2D eigenvalue weighted by atomic mass is 32.2. The number of carbonyl (C=O) groups excluding carboxylic acids is 2. The molecule has 0 aliphatic rings. The molecule has 1 aromatic carbocycles. The van der Waals surface area contributed by atoms with Gasteiger partial charge in [0.25, 0.3) is 0 Å².